The Morgan fingerprint density at radius 2 is 2.24 bits per heavy atom. The fraction of sp³-hybridized carbons (Fsp3) is 0.471. The second-order valence-corrected chi connectivity index (χ2v) is 6.35. The molecule has 1 unspecified atom stereocenters. The van der Waals surface area contributed by atoms with Crippen LogP contribution in [0.3, 0.4) is 0 Å². The van der Waals surface area contributed by atoms with Crippen molar-refractivity contribution in [1.29, 1.82) is 0 Å². The average Bonchev–Trinajstić information content (AvgIpc) is 3.19. The van der Waals surface area contributed by atoms with Crippen molar-refractivity contribution in [3.05, 3.63) is 29.6 Å². The predicted molar refractivity (Wildman–Crippen MR) is 87.7 cm³/mol. The molecule has 2 aliphatic rings. The third-order valence-electron chi connectivity index (χ3n) is 4.56. The molecular weight excluding hydrogens is 329 g/mol. The molecule has 2 aliphatic heterocycles. The van der Waals surface area contributed by atoms with Crippen LogP contribution in [0.1, 0.15) is 24.8 Å². The molecule has 0 aromatic heterocycles. The zero-order valence-electron chi connectivity index (χ0n) is 13.9. The van der Waals surface area contributed by atoms with Crippen LogP contribution in [0.5, 0.6) is 0 Å². The van der Waals surface area contributed by atoms with Gasteiger partial charge in [0.1, 0.15) is 11.9 Å². The number of cyclic esters (lactones) is 1. The Hall–Kier alpha value is -2.64. The molecule has 2 fully saturated rings. The lowest BCUT2D eigenvalue weighted by Crippen LogP contribution is -2.33. The first-order valence-corrected chi connectivity index (χ1v) is 8.19. The average molecular weight is 349 g/mol. The number of ether oxygens (including phenoxy) is 1. The van der Waals surface area contributed by atoms with Crippen molar-refractivity contribution >= 4 is 24.1 Å². The number of nitrogens with zero attached hydrogens (tertiary/aromatic N) is 2. The first-order valence-electron chi connectivity index (χ1n) is 8.19. The van der Waals surface area contributed by atoms with E-state index < -0.39 is 18.0 Å². The Morgan fingerprint density at radius 1 is 1.44 bits per heavy atom. The molecule has 1 aromatic carbocycles. The van der Waals surface area contributed by atoms with Crippen molar-refractivity contribution in [2.75, 3.05) is 31.1 Å². The standard InChI is InChI=1S/C17H20FN3O4/c1-11(23)19-7-14-9-21(17(24)25-14)13-2-3-15(16(18)6-13)12-4-5-20(8-12)10-22/h2-3,6,10,12,14H,4-5,7-9H2,1H3,(H,19,23)/t12?,14-/m0/s1. The largest absolute Gasteiger partial charge is 0.442 e. The molecule has 3 amide bonds. The number of amides is 3. The molecule has 25 heavy (non-hydrogen) atoms. The number of likely N-dealkylation sites (tertiary alicyclic amines) is 1. The number of benzene rings is 1. The van der Waals surface area contributed by atoms with Crippen LogP contribution in [0.4, 0.5) is 14.9 Å². The summed E-state index contributed by atoms with van der Waals surface area (Å²) in [6.45, 7) is 2.99. The van der Waals surface area contributed by atoms with Crippen molar-refractivity contribution in [2.45, 2.75) is 25.4 Å². The molecule has 7 nitrogen and oxygen atoms in total. The minimum Gasteiger partial charge on any atom is -0.442 e. The normalized spacial score (nSPS) is 22.9. The lowest BCUT2D eigenvalue weighted by Gasteiger charge is -2.16. The van der Waals surface area contributed by atoms with Crippen molar-refractivity contribution < 1.29 is 23.5 Å². The van der Waals surface area contributed by atoms with Crippen LogP contribution in [0.2, 0.25) is 0 Å². The first-order chi connectivity index (χ1) is 12.0. The van der Waals surface area contributed by atoms with E-state index in [0.29, 0.717) is 24.3 Å². The molecule has 8 heteroatoms. The molecule has 0 aliphatic carbocycles. The fourth-order valence-electron chi connectivity index (χ4n) is 3.25. The van der Waals surface area contributed by atoms with Gasteiger partial charge in [-0.1, -0.05) is 6.07 Å². The highest BCUT2D eigenvalue weighted by molar-refractivity contribution is 5.89. The van der Waals surface area contributed by atoms with E-state index in [1.54, 1.807) is 17.0 Å². The summed E-state index contributed by atoms with van der Waals surface area (Å²) in [5.74, 6) is -0.628. The molecule has 0 bridgehead atoms. The van der Waals surface area contributed by atoms with E-state index in [-0.39, 0.29) is 24.9 Å². The van der Waals surface area contributed by atoms with E-state index in [0.717, 1.165) is 12.8 Å². The first kappa shape index (κ1) is 17.2. The van der Waals surface area contributed by atoms with Gasteiger partial charge in [0.2, 0.25) is 12.3 Å². The van der Waals surface area contributed by atoms with E-state index >= 15 is 0 Å². The molecule has 3 rings (SSSR count). The van der Waals surface area contributed by atoms with Crippen LogP contribution < -0.4 is 10.2 Å². The number of halogens is 1. The SMILES string of the molecule is CC(=O)NC[C@H]1CN(c2ccc(C3CCN(C=O)C3)c(F)c2)C(=O)O1. The monoisotopic (exact) mass is 349 g/mol. The number of nitrogens with one attached hydrogen (secondary N) is 1. The van der Waals surface area contributed by atoms with Gasteiger partial charge < -0.3 is 15.0 Å². The second kappa shape index (κ2) is 7.08. The Morgan fingerprint density at radius 3 is 2.88 bits per heavy atom. The van der Waals surface area contributed by atoms with E-state index in [4.69, 9.17) is 4.74 Å². The third kappa shape index (κ3) is 3.72. The van der Waals surface area contributed by atoms with Crippen molar-refractivity contribution in [2.24, 2.45) is 0 Å². The van der Waals surface area contributed by atoms with Crippen LogP contribution >= 0.6 is 0 Å². The van der Waals surface area contributed by atoms with Gasteiger partial charge in [0, 0.05) is 25.9 Å². The third-order valence-corrected chi connectivity index (χ3v) is 4.56. The van der Waals surface area contributed by atoms with E-state index in [1.807, 2.05) is 0 Å². The van der Waals surface area contributed by atoms with Gasteiger partial charge in [-0.25, -0.2) is 9.18 Å². The number of carbonyl (C=O) groups is 3. The highest BCUT2D eigenvalue weighted by Gasteiger charge is 2.33. The van der Waals surface area contributed by atoms with Gasteiger partial charge in [-0.2, -0.15) is 0 Å². The molecule has 0 saturated carbocycles. The number of anilines is 1. The highest BCUT2D eigenvalue weighted by Crippen LogP contribution is 2.31. The minimum atomic E-state index is -0.560. The Labute approximate surface area is 144 Å². The molecule has 0 spiro atoms. The summed E-state index contributed by atoms with van der Waals surface area (Å²) >= 11 is 0. The Kier molecular flexibility index (Phi) is 4.87. The zero-order chi connectivity index (χ0) is 18.0. The molecule has 134 valence electrons. The molecular formula is C17H20FN3O4. The van der Waals surface area contributed by atoms with E-state index in [9.17, 15) is 18.8 Å². The van der Waals surface area contributed by atoms with Crippen LogP contribution in [0.25, 0.3) is 0 Å². The van der Waals surface area contributed by atoms with Gasteiger partial charge in [-0.3, -0.25) is 14.5 Å². The maximum absolute atomic E-state index is 14.5. The van der Waals surface area contributed by atoms with Crippen molar-refractivity contribution in [3.63, 3.8) is 0 Å². The van der Waals surface area contributed by atoms with Gasteiger partial charge in [0.05, 0.1) is 18.8 Å². The van der Waals surface area contributed by atoms with Crippen molar-refractivity contribution in [1.82, 2.24) is 10.2 Å². The fourth-order valence-corrected chi connectivity index (χ4v) is 3.25. The number of hydrogen-bond acceptors (Lipinski definition) is 4. The summed E-state index contributed by atoms with van der Waals surface area (Å²) < 4.78 is 19.7. The summed E-state index contributed by atoms with van der Waals surface area (Å²) in [7, 11) is 0. The number of hydrogen-bond donors (Lipinski definition) is 1. The van der Waals surface area contributed by atoms with Gasteiger partial charge in [-0.15, -0.1) is 0 Å². The lowest BCUT2D eigenvalue weighted by atomic mass is 9.97. The number of rotatable bonds is 5. The molecule has 1 aromatic rings. The van der Waals surface area contributed by atoms with Crippen LogP contribution in [-0.4, -0.2) is 55.6 Å². The summed E-state index contributed by atoms with van der Waals surface area (Å²) in [5, 5.41) is 2.60. The molecule has 2 atom stereocenters. The summed E-state index contributed by atoms with van der Waals surface area (Å²) in [6.07, 6.45) is 0.479. The summed E-state index contributed by atoms with van der Waals surface area (Å²) in [6, 6.07) is 4.67. The molecule has 2 heterocycles. The van der Waals surface area contributed by atoms with Crippen LogP contribution in [-0.2, 0) is 14.3 Å². The smallest absolute Gasteiger partial charge is 0.414 e. The Bertz CT molecular complexity index is 696. The molecule has 0 radical (unpaired) electrons. The van der Waals surface area contributed by atoms with Gasteiger partial charge in [0.25, 0.3) is 0 Å². The maximum Gasteiger partial charge on any atom is 0.414 e. The van der Waals surface area contributed by atoms with Crippen LogP contribution in [0.15, 0.2) is 18.2 Å². The van der Waals surface area contributed by atoms with Crippen LogP contribution in [0, 0.1) is 5.82 Å². The number of carbonyl (C=O) groups excluding carboxylic acids is 3. The maximum atomic E-state index is 14.5. The molecule has 2 saturated heterocycles. The lowest BCUT2D eigenvalue weighted by molar-refractivity contribution is -0.119. The van der Waals surface area contributed by atoms with E-state index in [2.05, 4.69) is 5.32 Å². The topological polar surface area (TPSA) is 79.0 Å². The highest BCUT2D eigenvalue weighted by atomic mass is 19.1. The minimum absolute atomic E-state index is 0.0303. The molecule has 1 N–H and O–H groups in total. The van der Waals surface area contributed by atoms with Gasteiger partial charge >= 0.3 is 6.09 Å². The zero-order valence-corrected chi connectivity index (χ0v) is 13.9. The summed E-state index contributed by atoms with van der Waals surface area (Å²) in [4.78, 5) is 36.7. The Balaban J connectivity index is 1.69. The van der Waals surface area contributed by atoms with Gasteiger partial charge in [-0.05, 0) is 24.1 Å². The van der Waals surface area contributed by atoms with E-state index in [1.165, 1.54) is 17.9 Å². The predicted octanol–water partition coefficient (Wildman–Crippen LogP) is 1.23. The summed E-state index contributed by atoms with van der Waals surface area (Å²) in [5.41, 5.74) is 0.970. The van der Waals surface area contributed by atoms with Crippen molar-refractivity contribution in [3.8, 4) is 0 Å². The van der Waals surface area contributed by atoms with Gasteiger partial charge in [0.15, 0.2) is 0 Å². The quantitative estimate of drug-likeness (QED) is 0.811. The second-order valence-electron chi connectivity index (χ2n) is 6.35.